The first-order valence-corrected chi connectivity index (χ1v) is 9.23. The van der Waals surface area contributed by atoms with E-state index in [0.717, 1.165) is 5.56 Å². The molecule has 0 radical (unpaired) electrons. The molecule has 1 aliphatic rings. The predicted molar refractivity (Wildman–Crippen MR) is 89.7 cm³/mol. The molecule has 0 saturated carbocycles. The van der Waals surface area contributed by atoms with Crippen LogP contribution in [0.2, 0.25) is 0 Å². The molecule has 0 N–H and O–H groups in total. The molecule has 3 rings (SSSR count). The van der Waals surface area contributed by atoms with Gasteiger partial charge in [0.25, 0.3) is 0 Å². The van der Waals surface area contributed by atoms with Gasteiger partial charge in [0.1, 0.15) is 5.82 Å². The second-order valence-electron chi connectivity index (χ2n) is 6.10. The molecule has 0 amide bonds. The Balaban J connectivity index is 1.76. The van der Waals surface area contributed by atoms with Crippen molar-refractivity contribution in [2.45, 2.75) is 31.0 Å². The minimum Gasteiger partial charge on any atom is -0.372 e. The molecule has 2 aromatic carbocycles. The number of sulfonamides is 1. The van der Waals surface area contributed by atoms with Crippen LogP contribution < -0.4 is 0 Å². The summed E-state index contributed by atoms with van der Waals surface area (Å²) in [4.78, 5) is 0.127. The highest BCUT2D eigenvalue weighted by molar-refractivity contribution is 7.89. The van der Waals surface area contributed by atoms with Gasteiger partial charge in [-0.2, -0.15) is 4.31 Å². The summed E-state index contributed by atoms with van der Waals surface area (Å²) in [5.41, 5.74) is 2.74. The maximum atomic E-state index is 13.2. The molecule has 0 fully saturated rings. The third kappa shape index (κ3) is 3.36. The lowest BCUT2D eigenvalue weighted by molar-refractivity contribution is 0.0202. The molecule has 1 heterocycles. The number of hydrogen-bond acceptors (Lipinski definition) is 3. The number of likely N-dealkylation sites (N-methyl/N-ethyl adjacent to an activating group) is 1. The van der Waals surface area contributed by atoms with Gasteiger partial charge in [0, 0.05) is 20.0 Å². The summed E-state index contributed by atoms with van der Waals surface area (Å²) >= 11 is 0. The highest BCUT2D eigenvalue weighted by atomic mass is 32.2. The zero-order chi connectivity index (χ0) is 17.3. The maximum Gasteiger partial charge on any atom is 0.243 e. The Kier molecular flexibility index (Phi) is 4.71. The van der Waals surface area contributed by atoms with Crippen molar-refractivity contribution < 1.29 is 17.5 Å². The quantitative estimate of drug-likeness (QED) is 0.853. The number of halogens is 1. The van der Waals surface area contributed by atoms with Crippen LogP contribution in [0.25, 0.3) is 0 Å². The minimum atomic E-state index is -3.68. The normalized spacial score (nSPS) is 17.8. The maximum absolute atomic E-state index is 13.2. The smallest absolute Gasteiger partial charge is 0.243 e. The Morgan fingerprint density at radius 1 is 1.21 bits per heavy atom. The van der Waals surface area contributed by atoms with Crippen LogP contribution in [0.15, 0.2) is 47.4 Å². The molecule has 0 aromatic heterocycles. The fourth-order valence-electron chi connectivity index (χ4n) is 2.98. The number of hydrogen-bond donors (Lipinski definition) is 0. The van der Waals surface area contributed by atoms with Crippen LogP contribution in [0.1, 0.15) is 16.7 Å². The Labute approximate surface area is 141 Å². The second kappa shape index (κ2) is 6.63. The van der Waals surface area contributed by atoms with E-state index in [2.05, 4.69) is 0 Å². The number of aryl methyl sites for hydroxylation is 1. The van der Waals surface area contributed by atoms with Gasteiger partial charge >= 0.3 is 0 Å². The molecular formula is C18H20FNO3S. The Hall–Kier alpha value is -1.76. The first kappa shape index (κ1) is 17.1. The summed E-state index contributed by atoms with van der Waals surface area (Å²) in [6.45, 7) is 2.34. The van der Waals surface area contributed by atoms with E-state index < -0.39 is 15.8 Å². The van der Waals surface area contributed by atoms with Gasteiger partial charge in [-0.15, -0.1) is 0 Å². The topological polar surface area (TPSA) is 46.6 Å². The van der Waals surface area contributed by atoms with Gasteiger partial charge in [-0.3, -0.25) is 0 Å². The van der Waals surface area contributed by atoms with Crippen molar-refractivity contribution in [1.82, 2.24) is 4.31 Å². The van der Waals surface area contributed by atoms with Gasteiger partial charge in [-0.1, -0.05) is 24.3 Å². The predicted octanol–water partition coefficient (Wildman–Crippen LogP) is 2.90. The lowest BCUT2D eigenvalue weighted by atomic mass is 9.99. The van der Waals surface area contributed by atoms with Crippen LogP contribution in [0.5, 0.6) is 0 Å². The number of fused-ring (bicyclic) bond motifs is 1. The average molecular weight is 349 g/mol. The van der Waals surface area contributed by atoms with Crippen molar-refractivity contribution >= 4 is 10.0 Å². The first-order valence-electron chi connectivity index (χ1n) is 7.79. The van der Waals surface area contributed by atoms with E-state index >= 15 is 0 Å². The first-order chi connectivity index (χ1) is 11.4. The van der Waals surface area contributed by atoms with Crippen molar-refractivity contribution in [3.63, 3.8) is 0 Å². The number of rotatable bonds is 4. The standard InChI is InChI=1S/C18H20FNO3S/c1-13-9-16(19)7-8-18(13)24(21,22)20(2)11-17-10-14-5-3-4-6-15(14)12-23-17/h3-9,17H,10-12H2,1-2H3. The molecule has 0 bridgehead atoms. The van der Waals surface area contributed by atoms with Crippen LogP contribution >= 0.6 is 0 Å². The third-order valence-electron chi connectivity index (χ3n) is 4.33. The van der Waals surface area contributed by atoms with Crippen LogP contribution in [0.4, 0.5) is 4.39 Å². The monoisotopic (exact) mass is 349 g/mol. The van der Waals surface area contributed by atoms with Crippen LogP contribution in [-0.2, 0) is 27.8 Å². The number of ether oxygens (including phenoxy) is 1. The van der Waals surface area contributed by atoms with Gasteiger partial charge in [-0.05, 0) is 41.8 Å². The SMILES string of the molecule is Cc1cc(F)ccc1S(=O)(=O)N(C)CC1Cc2ccccc2CO1. The molecule has 4 nitrogen and oxygen atoms in total. The van der Waals surface area contributed by atoms with Gasteiger partial charge < -0.3 is 4.74 Å². The lowest BCUT2D eigenvalue weighted by Crippen LogP contribution is -2.38. The van der Waals surface area contributed by atoms with Crippen molar-refractivity contribution in [2.24, 2.45) is 0 Å². The van der Waals surface area contributed by atoms with E-state index in [0.29, 0.717) is 18.6 Å². The zero-order valence-electron chi connectivity index (χ0n) is 13.7. The molecule has 24 heavy (non-hydrogen) atoms. The molecule has 1 atom stereocenters. The van der Waals surface area contributed by atoms with Crippen molar-refractivity contribution in [3.05, 3.63) is 65.0 Å². The highest BCUT2D eigenvalue weighted by Gasteiger charge is 2.27. The molecule has 0 saturated heterocycles. The fraction of sp³-hybridized carbons (Fsp3) is 0.333. The molecule has 1 unspecified atom stereocenters. The minimum absolute atomic E-state index is 0.127. The summed E-state index contributed by atoms with van der Waals surface area (Å²) in [5, 5.41) is 0. The van der Waals surface area contributed by atoms with Gasteiger partial charge in [0.05, 0.1) is 17.6 Å². The summed E-state index contributed by atoms with van der Waals surface area (Å²) < 4.78 is 45.8. The Morgan fingerprint density at radius 3 is 2.62 bits per heavy atom. The van der Waals surface area contributed by atoms with E-state index in [1.54, 1.807) is 6.92 Å². The van der Waals surface area contributed by atoms with E-state index in [1.165, 1.54) is 35.1 Å². The van der Waals surface area contributed by atoms with E-state index in [-0.39, 0.29) is 17.5 Å². The van der Waals surface area contributed by atoms with Crippen LogP contribution in [0, 0.1) is 12.7 Å². The fourth-order valence-corrected chi connectivity index (χ4v) is 4.39. The highest BCUT2D eigenvalue weighted by Crippen LogP contribution is 2.24. The largest absolute Gasteiger partial charge is 0.372 e. The van der Waals surface area contributed by atoms with E-state index in [1.807, 2.05) is 24.3 Å². The Morgan fingerprint density at radius 2 is 1.92 bits per heavy atom. The van der Waals surface area contributed by atoms with E-state index in [9.17, 15) is 12.8 Å². The third-order valence-corrected chi connectivity index (χ3v) is 6.31. The summed E-state index contributed by atoms with van der Waals surface area (Å²) in [5.74, 6) is -0.443. The number of nitrogens with zero attached hydrogens (tertiary/aromatic N) is 1. The van der Waals surface area contributed by atoms with Crippen molar-refractivity contribution in [2.75, 3.05) is 13.6 Å². The van der Waals surface area contributed by atoms with Gasteiger partial charge in [0.15, 0.2) is 0 Å². The molecule has 128 valence electrons. The zero-order valence-corrected chi connectivity index (χ0v) is 14.5. The molecule has 1 aliphatic heterocycles. The van der Waals surface area contributed by atoms with Crippen molar-refractivity contribution in [1.29, 1.82) is 0 Å². The number of benzene rings is 2. The van der Waals surface area contributed by atoms with Gasteiger partial charge in [-0.25, -0.2) is 12.8 Å². The summed E-state index contributed by atoms with van der Waals surface area (Å²) in [7, 11) is -2.15. The van der Waals surface area contributed by atoms with Gasteiger partial charge in [0.2, 0.25) is 10.0 Å². The van der Waals surface area contributed by atoms with Crippen molar-refractivity contribution in [3.8, 4) is 0 Å². The molecule has 6 heteroatoms. The Bertz CT molecular complexity index is 851. The second-order valence-corrected chi connectivity index (χ2v) is 8.11. The van der Waals surface area contributed by atoms with Crippen LogP contribution in [-0.4, -0.2) is 32.4 Å². The summed E-state index contributed by atoms with van der Waals surface area (Å²) in [6, 6.07) is 11.7. The van der Waals surface area contributed by atoms with E-state index in [4.69, 9.17) is 4.74 Å². The average Bonchev–Trinajstić information content (AvgIpc) is 2.54. The molecule has 0 aliphatic carbocycles. The molecule has 2 aromatic rings. The van der Waals surface area contributed by atoms with Crippen LogP contribution in [0.3, 0.4) is 0 Å². The molecule has 0 spiro atoms. The molecular weight excluding hydrogens is 329 g/mol. The lowest BCUT2D eigenvalue weighted by Gasteiger charge is -2.29. The summed E-state index contributed by atoms with van der Waals surface area (Å²) in [6.07, 6.45) is 0.485.